The standard InChI is InChI=1S/C14H21NO/c1-2-3-11-16-13-8-6-12(7-9-13)14-5-4-10-15-14/h6-9,14-15H,2-5,10-11H2,1H3/t14-/m0/s1. The summed E-state index contributed by atoms with van der Waals surface area (Å²) in [5, 5.41) is 3.50. The Hall–Kier alpha value is -1.02. The van der Waals surface area contributed by atoms with Crippen molar-refractivity contribution in [3.05, 3.63) is 29.8 Å². The van der Waals surface area contributed by atoms with Crippen LogP contribution in [-0.4, -0.2) is 13.2 Å². The lowest BCUT2D eigenvalue weighted by atomic mass is 10.1. The van der Waals surface area contributed by atoms with Crippen molar-refractivity contribution in [3.63, 3.8) is 0 Å². The molecule has 1 fully saturated rings. The van der Waals surface area contributed by atoms with E-state index < -0.39 is 0 Å². The maximum atomic E-state index is 5.64. The Labute approximate surface area is 98.0 Å². The molecule has 0 radical (unpaired) electrons. The van der Waals surface area contributed by atoms with Gasteiger partial charge < -0.3 is 10.1 Å². The van der Waals surface area contributed by atoms with Crippen LogP contribution in [0.1, 0.15) is 44.2 Å². The van der Waals surface area contributed by atoms with Gasteiger partial charge in [0.05, 0.1) is 6.61 Å². The van der Waals surface area contributed by atoms with Gasteiger partial charge in [-0.05, 0) is 43.5 Å². The molecule has 88 valence electrons. The lowest BCUT2D eigenvalue weighted by Crippen LogP contribution is -2.12. The van der Waals surface area contributed by atoms with Gasteiger partial charge in [0.1, 0.15) is 5.75 Å². The van der Waals surface area contributed by atoms with Gasteiger partial charge in [0.2, 0.25) is 0 Å². The predicted molar refractivity (Wildman–Crippen MR) is 66.8 cm³/mol. The first-order chi connectivity index (χ1) is 7.90. The summed E-state index contributed by atoms with van der Waals surface area (Å²) in [6.07, 6.45) is 4.87. The molecular formula is C14H21NO. The van der Waals surface area contributed by atoms with Gasteiger partial charge >= 0.3 is 0 Å². The van der Waals surface area contributed by atoms with Crippen molar-refractivity contribution in [2.75, 3.05) is 13.2 Å². The zero-order valence-corrected chi connectivity index (χ0v) is 10.0. The van der Waals surface area contributed by atoms with E-state index in [4.69, 9.17) is 4.74 Å². The lowest BCUT2D eigenvalue weighted by Gasteiger charge is -2.11. The van der Waals surface area contributed by atoms with Crippen LogP contribution in [0.3, 0.4) is 0 Å². The summed E-state index contributed by atoms with van der Waals surface area (Å²) in [6, 6.07) is 9.11. The maximum Gasteiger partial charge on any atom is 0.119 e. The average molecular weight is 219 g/mol. The minimum Gasteiger partial charge on any atom is -0.494 e. The van der Waals surface area contributed by atoms with E-state index in [0.29, 0.717) is 6.04 Å². The largest absolute Gasteiger partial charge is 0.494 e. The number of nitrogens with one attached hydrogen (secondary N) is 1. The SMILES string of the molecule is CCCCOc1ccc([C@@H]2CCCN2)cc1. The van der Waals surface area contributed by atoms with Crippen molar-refractivity contribution in [1.29, 1.82) is 0 Å². The van der Waals surface area contributed by atoms with Crippen LogP contribution in [0.2, 0.25) is 0 Å². The zero-order chi connectivity index (χ0) is 11.2. The third-order valence-corrected chi connectivity index (χ3v) is 3.11. The van der Waals surface area contributed by atoms with Crippen molar-refractivity contribution in [2.24, 2.45) is 0 Å². The topological polar surface area (TPSA) is 21.3 Å². The van der Waals surface area contributed by atoms with Gasteiger partial charge in [-0.2, -0.15) is 0 Å². The van der Waals surface area contributed by atoms with Gasteiger partial charge in [-0.3, -0.25) is 0 Å². The summed E-state index contributed by atoms with van der Waals surface area (Å²) in [5.41, 5.74) is 1.39. The number of unbranched alkanes of at least 4 members (excludes halogenated alkanes) is 1. The number of rotatable bonds is 5. The molecule has 1 heterocycles. The normalized spacial score (nSPS) is 19.9. The third-order valence-electron chi connectivity index (χ3n) is 3.11. The van der Waals surface area contributed by atoms with E-state index >= 15 is 0 Å². The van der Waals surface area contributed by atoms with Crippen LogP contribution in [0, 0.1) is 0 Å². The zero-order valence-electron chi connectivity index (χ0n) is 10.0. The van der Waals surface area contributed by atoms with Gasteiger partial charge in [-0.15, -0.1) is 0 Å². The molecule has 1 N–H and O–H groups in total. The minimum absolute atomic E-state index is 0.560. The Morgan fingerprint density at radius 3 is 2.75 bits per heavy atom. The molecule has 1 saturated heterocycles. The summed E-state index contributed by atoms with van der Waals surface area (Å²) in [5.74, 6) is 0.996. The molecule has 0 aromatic heterocycles. The molecular weight excluding hydrogens is 198 g/mol. The van der Waals surface area contributed by atoms with Crippen molar-refractivity contribution in [2.45, 2.75) is 38.6 Å². The smallest absolute Gasteiger partial charge is 0.119 e. The summed E-state index contributed by atoms with van der Waals surface area (Å²) >= 11 is 0. The predicted octanol–water partition coefficient (Wildman–Crippen LogP) is 3.29. The summed E-state index contributed by atoms with van der Waals surface area (Å²) in [4.78, 5) is 0. The van der Waals surface area contributed by atoms with E-state index in [9.17, 15) is 0 Å². The number of ether oxygens (including phenoxy) is 1. The first kappa shape index (κ1) is 11.5. The molecule has 0 bridgehead atoms. The average Bonchev–Trinajstić information content (AvgIpc) is 2.84. The molecule has 0 aliphatic carbocycles. The fourth-order valence-corrected chi connectivity index (χ4v) is 2.10. The molecule has 1 aliphatic rings. The van der Waals surface area contributed by atoms with Crippen LogP contribution in [0.15, 0.2) is 24.3 Å². The molecule has 0 unspecified atom stereocenters. The van der Waals surface area contributed by atoms with E-state index in [1.54, 1.807) is 0 Å². The highest BCUT2D eigenvalue weighted by molar-refractivity contribution is 5.29. The van der Waals surface area contributed by atoms with Crippen molar-refractivity contribution in [1.82, 2.24) is 5.32 Å². The fraction of sp³-hybridized carbons (Fsp3) is 0.571. The molecule has 1 atom stereocenters. The Bertz CT molecular complexity index is 301. The molecule has 2 heteroatoms. The van der Waals surface area contributed by atoms with Gasteiger partial charge in [0.15, 0.2) is 0 Å². The van der Waals surface area contributed by atoms with Gasteiger partial charge in [-0.25, -0.2) is 0 Å². The Morgan fingerprint density at radius 1 is 1.31 bits per heavy atom. The first-order valence-electron chi connectivity index (χ1n) is 6.36. The van der Waals surface area contributed by atoms with E-state index in [2.05, 4.69) is 36.5 Å². The fourth-order valence-electron chi connectivity index (χ4n) is 2.10. The first-order valence-corrected chi connectivity index (χ1v) is 6.36. The van der Waals surface area contributed by atoms with Crippen molar-refractivity contribution in [3.8, 4) is 5.75 Å². The third kappa shape index (κ3) is 2.99. The molecule has 1 aromatic rings. The van der Waals surface area contributed by atoms with Crippen LogP contribution in [0.4, 0.5) is 0 Å². The molecule has 0 amide bonds. The van der Waals surface area contributed by atoms with Crippen LogP contribution in [0.5, 0.6) is 5.75 Å². The minimum atomic E-state index is 0.560. The van der Waals surface area contributed by atoms with E-state index in [0.717, 1.165) is 25.3 Å². The van der Waals surface area contributed by atoms with E-state index in [-0.39, 0.29) is 0 Å². The van der Waals surface area contributed by atoms with Crippen LogP contribution < -0.4 is 10.1 Å². The monoisotopic (exact) mass is 219 g/mol. The Balaban J connectivity index is 1.88. The van der Waals surface area contributed by atoms with Crippen LogP contribution >= 0.6 is 0 Å². The highest BCUT2D eigenvalue weighted by atomic mass is 16.5. The summed E-state index contributed by atoms with van der Waals surface area (Å²) in [6.45, 7) is 4.16. The molecule has 1 aliphatic heterocycles. The maximum absolute atomic E-state index is 5.64. The van der Waals surface area contributed by atoms with E-state index in [1.165, 1.54) is 24.8 Å². The number of benzene rings is 1. The molecule has 2 nitrogen and oxygen atoms in total. The molecule has 1 aromatic carbocycles. The Morgan fingerprint density at radius 2 is 2.12 bits per heavy atom. The van der Waals surface area contributed by atoms with Gasteiger partial charge in [0.25, 0.3) is 0 Å². The second-order valence-electron chi connectivity index (χ2n) is 4.42. The quantitative estimate of drug-likeness (QED) is 0.767. The molecule has 16 heavy (non-hydrogen) atoms. The Kier molecular flexibility index (Phi) is 4.23. The van der Waals surface area contributed by atoms with E-state index in [1.807, 2.05) is 0 Å². The molecule has 0 saturated carbocycles. The summed E-state index contributed by atoms with van der Waals surface area (Å²) < 4.78 is 5.64. The van der Waals surface area contributed by atoms with Crippen molar-refractivity contribution >= 4 is 0 Å². The lowest BCUT2D eigenvalue weighted by molar-refractivity contribution is 0.309. The van der Waals surface area contributed by atoms with Crippen LogP contribution in [0.25, 0.3) is 0 Å². The number of hydrogen-bond donors (Lipinski definition) is 1. The van der Waals surface area contributed by atoms with Crippen molar-refractivity contribution < 1.29 is 4.74 Å². The van der Waals surface area contributed by atoms with Gasteiger partial charge in [0, 0.05) is 6.04 Å². The van der Waals surface area contributed by atoms with Crippen LogP contribution in [-0.2, 0) is 0 Å². The number of hydrogen-bond acceptors (Lipinski definition) is 2. The molecule has 0 spiro atoms. The second-order valence-corrected chi connectivity index (χ2v) is 4.42. The van der Waals surface area contributed by atoms with Gasteiger partial charge in [-0.1, -0.05) is 25.5 Å². The second kappa shape index (κ2) is 5.90. The highest BCUT2D eigenvalue weighted by Gasteiger charge is 2.15. The highest BCUT2D eigenvalue weighted by Crippen LogP contribution is 2.24. The molecule has 2 rings (SSSR count). The summed E-state index contributed by atoms with van der Waals surface area (Å²) in [7, 11) is 0.